The molecule has 2 aromatic rings. The second-order valence-electron chi connectivity index (χ2n) is 4.12. The van der Waals surface area contributed by atoms with Crippen LogP contribution in [-0.2, 0) is 6.42 Å². The molecule has 0 spiro atoms. The first-order valence-corrected chi connectivity index (χ1v) is 6.70. The lowest BCUT2D eigenvalue weighted by Crippen LogP contribution is -2.29. The average molecular weight is 268 g/mol. The lowest BCUT2D eigenvalue weighted by atomic mass is 9.95. The van der Waals surface area contributed by atoms with Crippen LogP contribution >= 0.6 is 22.9 Å². The summed E-state index contributed by atoms with van der Waals surface area (Å²) < 4.78 is 14.1. The predicted octanol–water partition coefficient (Wildman–Crippen LogP) is 3.78. The largest absolute Gasteiger partial charge is 0.306 e. The Labute approximate surface area is 108 Å². The quantitative estimate of drug-likeness (QED) is 0.829. The van der Waals surface area contributed by atoms with Crippen LogP contribution in [-0.4, -0.2) is 6.54 Å². The Kier molecular flexibility index (Phi) is 2.90. The molecule has 1 atom stereocenters. The minimum Gasteiger partial charge on any atom is -0.306 e. The van der Waals surface area contributed by atoms with Crippen molar-refractivity contribution >= 4 is 22.9 Å². The van der Waals surface area contributed by atoms with Gasteiger partial charge in [-0.05, 0) is 35.7 Å². The minimum absolute atomic E-state index is 0.0678. The molecule has 0 radical (unpaired) electrons. The van der Waals surface area contributed by atoms with Crippen LogP contribution in [0.2, 0.25) is 4.34 Å². The van der Waals surface area contributed by atoms with Crippen LogP contribution < -0.4 is 5.32 Å². The second kappa shape index (κ2) is 4.41. The number of halogens is 2. The zero-order valence-electron chi connectivity index (χ0n) is 9.04. The molecule has 0 saturated heterocycles. The molecule has 1 unspecified atom stereocenters. The predicted molar refractivity (Wildman–Crippen MR) is 69.3 cm³/mol. The minimum atomic E-state index is -0.197. The third kappa shape index (κ3) is 2.10. The molecule has 1 aliphatic heterocycles. The van der Waals surface area contributed by atoms with Gasteiger partial charge in [0.1, 0.15) is 5.82 Å². The van der Waals surface area contributed by atoms with Gasteiger partial charge in [-0.25, -0.2) is 4.39 Å². The Hall–Kier alpha value is -0.900. The van der Waals surface area contributed by atoms with Gasteiger partial charge in [-0.2, -0.15) is 0 Å². The summed E-state index contributed by atoms with van der Waals surface area (Å²) in [4.78, 5) is 1.31. The topological polar surface area (TPSA) is 12.0 Å². The van der Waals surface area contributed by atoms with Crippen LogP contribution in [0.25, 0.3) is 0 Å². The van der Waals surface area contributed by atoms with Crippen LogP contribution in [0, 0.1) is 5.82 Å². The number of nitrogens with one attached hydrogen (secondary N) is 1. The van der Waals surface area contributed by atoms with Crippen molar-refractivity contribution in [2.45, 2.75) is 12.5 Å². The van der Waals surface area contributed by atoms with E-state index in [1.807, 2.05) is 12.1 Å². The first kappa shape index (κ1) is 11.2. The molecule has 1 aromatic carbocycles. The number of fused-ring (bicyclic) bond motifs is 1. The molecule has 3 rings (SSSR count). The molecule has 17 heavy (non-hydrogen) atoms. The molecular formula is C13H11ClFNS. The van der Waals surface area contributed by atoms with Crippen LogP contribution in [0.5, 0.6) is 0 Å². The van der Waals surface area contributed by atoms with Crippen molar-refractivity contribution in [1.29, 1.82) is 0 Å². The summed E-state index contributed by atoms with van der Waals surface area (Å²) in [6.07, 6.45) is 0.999. The highest BCUT2D eigenvalue weighted by Gasteiger charge is 2.23. The maximum atomic E-state index is 13.3. The molecule has 0 aliphatic carbocycles. The summed E-state index contributed by atoms with van der Waals surface area (Å²) in [5, 5.41) is 3.41. The number of rotatable bonds is 1. The SMILES string of the molecule is Fc1cccc(C2NCCc3sc(Cl)cc32)c1. The second-order valence-corrected chi connectivity index (χ2v) is 5.89. The monoisotopic (exact) mass is 267 g/mol. The Morgan fingerprint density at radius 3 is 3.06 bits per heavy atom. The number of benzene rings is 1. The van der Waals surface area contributed by atoms with Crippen LogP contribution in [0.4, 0.5) is 4.39 Å². The van der Waals surface area contributed by atoms with E-state index in [-0.39, 0.29) is 11.9 Å². The lowest BCUT2D eigenvalue weighted by Gasteiger charge is -2.24. The van der Waals surface area contributed by atoms with Crippen molar-refractivity contribution in [2.75, 3.05) is 6.54 Å². The van der Waals surface area contributed by atoms with Crippen molar-refractivity contribution in [3.05, 3.63) is 56.5 Å². The van der Waals surface area contributed by atoms with Crippen LogP contribution in [0.15, 0.2) is 30.3 Å². The molecule has 1 nitrogen and oxygen atoms in total. The van der Waals surface area contributed by atoms with E-state index in [4.69, 9.17) is 11.6 Å². The van der Waals surface area contributed by atoms with Crippen molar-refractivity contribution in [1.82, 2.24) is 5.32 Å². The Morgan fingerprint density at radius 2 is 2.24 bits per heavy atom. The summed E-state index contributed by atoms with van der Waals surface area (Å²) in [7, 11) is 0. The van der Waals surface area contributed by atoms with E-state index in [0.717, 1.165) is 22.9 Å². The van der Waals surface area contributed by atoms with Gasteiger partial charge in [-0.3, -0.25) is 0 Å². The van der Waals surface area contributed by atoms with Crippen molar-refractivity contribution < 1.29 is 4.39 Å². The van der Waals surface area contributed by atoms with Gasteiger partial charge in [-0.1, -0.05) is 23.7 Å². The fourth-order valence-electron chi connectivity index (χ4n) is 2.27. The number of hydrogen-bond donors (Lipinski definition) is 1. The maximum Gasteiger partial charge on any atom is 0.123 e. The van der Waals surface area contributed by atoms with Gasteiger partial charge >= 0.3 is 0 Å². The summed E-state index contributed by atoms with van der Waals surface area (Å²) in [6.45, 7) is 0.908. The number of thiophene rings is 1. The van der Waals surface area contributed by atoms with E-state index in [9.17, 15) is 4.39 Å². The van der Waals surface area contributed by atoms with Gasteiger partial charge in [0.15, 0.2) is 0 Å². The van der Waals surface area contributed by atoms with E-state index in [2.05, 4.69) is 5.32 Å². The Morgan fingerprint density at radius 1 is 1.35 bits per heavy atom. The van der Waals surface area contributed by atoms with Crippen molar-refractivity contribution in [3.8, 4) is 0 Å². The molecule has 0 amide bonds. The van der Waals surface area contributed by atoms with E-state index in [0.29, 0.717) is 0 Å². The fraction of sp³-hybridized carbons (Fsp3) is 0.231. The van der Waals surface area contributed by atoms with E-state index >= 15 is 0 Å². The molecule has 4 heteroatoms. The van der Waals surface area contributed by atoms with E-state index < -0.39 is 0 Å². The normalized spacial score (nSPS) is 19.1. The lowest BCUT2D eigenvalue weighted by molar-refractivity contribution is 0.566. The first-order chi connectivity index (χ1) is 8.24. The third-order valence-corrected chi connectivity index (χ3v) is 4.34. The maximum absolute atomic E-state index is 13.3. The molecule has 0 bridgehead atoms. The van der Waals surface area contributed by atoms with Crippen LogP contribution in [0.3, 0.4) is 0 Å². The van der Waals surface area contributed by atoms with Gasteiger partial charge in [-0.15, -0.1) is 11.3 Å². The Bertz CT molecular complexity index is 552. The molecule has 1 N–H and O–H groups in total. The van der Waals surface area contributed by atoms with Crippen molar-refractivity contribution in [2.24, 2.45) is 0 Å². The van der Waals surface area contributed by atoms with Gasteiger partial charge in [0, 0.05) is 11.4 Å². The van der Waals surface area contributed by atoms with Gasteiger partial charge in [0.05, 0.1) is 10.4 Å². The highest BCUT2D eigenvalue weighted by molar-refractivity contribution is 7.16. The highest BCUT2D eigenvalue weighted by Crippen LogP contribution is 2.36. The molecule has 2 heterocycles. The highest BCUT2D eigenvalue weighted by atomic mass is 35.5. The van der Waals surface area contributed by atoms with Gasteiger partial charge in [0.25, 0.3) is 0 Å². The molecule has 0 saturated carbocycles. The summed E-state index contributed by atoms with van der Waals surface area (Å²) in [6, 6.07) is 8.80. The first-order valence-electron chi connectivity index (χ1n) is 5.51. The summed E-state index contributed by atoms with van der Waals surface area (Å²) in [5.74, 6) is -0.197. The smallest absolute Gasteiger partial charge is 0.123 e. The molecule has 1 aromatic heterocycles. The molecular weight excluding hydrogens is 257 g/mol. The van der Waals surface area contributed by atoms with Gasteiger partial charge < -0.3 is 5.32 Å². The molecule has 0 fully saturated rings. The standard InChI is InChI=1S/C13H11ClFNS/c14-12-7-10-11(17-12)4-5-16-13(10)8-2-1-3-9(15)6-8/h1-3,6-7,13,16H,4-5H2. The Balaban J connectivity index is 2.05. The zero-order chi connectivity index (χ0) is 11.8. The third-order valence-electron chi connectivity index (χ3n) is 3.01. The van der Waals surface area contributed by atoms with E-state index in [1.165, 1.54) is 16.5 Å². The number of hydrogen-bond acceptors (Lipinski definition) is 2. The summed E-state index contributed by atoms with van der Waals surface area (Å²) >= 11 is 7.68. The molecule has 88 valence electrons. The van der Waals surface area contributed by atoms with Gasteiger partial charge in [0.2, 0.25) is 0 Å². The van der Waals surface area contributed by atoms with Crippen LogP contribution in [0.1, 0.15) is 22.0 Å². The average Bonchev–Trinajstić information content (AvgIpc) is 2.68. The molecule has 1 aliphatic rings. The van der Waals surface area contributed by atoms with E-state index in [1.54, 1.807) is 23.5 Å². The fourth-order valence-corrected chi connectivity index (χ4v) is 3.59. The zero-order valence-corrected chi connectivity index (χ0v) is 10.6. The summed E-state index contributed by atoms with van der Waals surface area (Å²) in [5.41, 5.74) is 2.15. The van der Waals surface area contributed by atoms with Crippen molar-refractivity contribution in [3.63, 3.8) is 0 Å².